The van der Waals surface area contributed by atoms with Gasteiger partial charge in [-0.05, 0) is 76.8 Å². The molecule has 2 bridgehead atoms. The van der Waals surface area contributed by atoms with E-state index in [0.717, 1.165) is 24.8 Å². The number of rotatable bonds is 1. The maximum absolute atomic E-state index is 11.1. The molecule has 2 spiro atoms. The van der Waals surface area contributed by atoms with Crippen molar-refractivity contribution in [1.82, 2.24) is 0 Å². The van der Waals surface area contributed by atoms with Crippen molar-refractivity contribution in [2.45, 2.75) is 80.1 Å². The van der Waals surface area contributed by atoms with Crippen molar-refractivity contribution >= 4 is 10.8 Å². The molecular weight excluding hydrogens is 440 g/mol. The Labute approximate surface area is 204 Å². The van der Waals surface area contributed by atoms with E-state index in [1.807, 2.05) is 6.08 Å². The molecule has 8 rings (SSSR count). The van der Waals surface area contributed by atoms with E-state index in [4.69, 9.17) is 4.74 Å². The lowest BCUT2D eigenvalue weighted by Gasteiger charge is -2.57. The molecule has 182 valence electrons. The summed E-state index contributed by atoms with van der Waals surface area (Å²) in [5, 5.41) is 45.4. The first-order chi connectivity index (χ1) is 16.8. The Morgan fingerprint density at radius 1 is 0.914 bits per heavy atom. The summed E-state index contributed by atoms with van der Waals surface area (Å²) in [5.41, 5.74) is 1.56. The Kier molecular flexibility index (Phi) is 3.78. The minimum Gasteiger partial charge on any atom is -0.387 e. The Morgan fingerprint density at radius 2 is 1.69 bits per heavy atom. The molecule has 1 saturated heterocycles. The smallest absolute Gasteiger partial charge is 0.122 e. The van der Waals surface area contributed by atoms with Crippen LogP contribution in [0.1, 0.15) is 44.6 Å². The number of aliphatic hydroxyl groups excluding tert-OH is 4. The third-order valence-corrected chi connectivity index (χ3v) is 11.3. The van der Waals surface area contributed by atoms with Gasteiger partial charge >= 0.3 is 0 Å². The van der Waals surface area contributed by atoms with Gasteiger partial charge in [0.25, 0.3) is 0 Å². The molecule has 5 heteroatoms. The predicted octanol–water partition coefficient (Wildman–Crippen LogP) is 3.14. The van der Waals surface area contributed by atoms with Crippen molar-refractivity contribution in [3.63, 3.8) is 0 Å². The van der Waals surface area contributed by atoms with Crippen molar-refractivity contribution in [2.24, 2.45) is 17.3 Å². The van der Waals surface area contributed by atoms with E-state index in [-0.39, 0.29) is 10.8 Å². The molecular formula is C30H32O5. The lowest BCUT2D eigenvalue weighted by atomic mass is 9.55. The highest BCUT2D eigenvalue weighted by molar-refractivity contribution is 5.83. The second-order valence-corrected chi connectivity index (χ2v) is 12.4. The summed E-state index contributed by atoms with van der Waals surface area (Å²) in [6.07, 6.45) is 3.49. The van der Waals surface area contributed by atoms with Crippen LogP contribution < -0.4 is 0 Å². The molecule has 4 unspecified atom stereocenters. The summed E-state index contributed by atoms with van der Waals surface area (Å²) in [6, 6.07) is 15.6. The number of allylic oxidation sites excluding steroid dienone is 1. The number of hydrogen-bond acceptors (Lipinski definition) is 5. The zero-order valence-corrected chi connectivity index (χ0v) is 19.9. The van der Waals surface area contributed by atoms with Gasteiger partial charge in [0.2, 0.25) is 0 Å². The molecule has 2 aromatic carbocycles. The van der Waals surface area contributed by atoms with E-state index < -0.39 is 35.6 Å². The lowest BCUT2D eigenvalue weighted by molar-refractivity contribution is -0.228. The van der Waals surface area contributed by atoms with Gasteiger partial charge in [-0.3, -0.25) is 0 Å². The second kappa shape index (κ2) is 6.27. The average molecular weight is 473 g/mol. The molecule has 2 aromatic rings. The van der Waals surface area contributed by atoms with Gasteiger partial charge in [-0.2, -0.15) is 0 Å². The quantitative estimate of drug-likeness (QED) is 0.512. The fraction of sp³-hybridized carbons (Fsp3) is 0.533. The summed E-state index contributed by atoms with van der Waals surface area (Å²) in [5.74, 6) is 0.909. The Bertz CT molecular complexity index is 1350. The summed E-state index contributed by atoms with van der Waals surface area (Å²) in [7, 11) is 0. The third kappa shape index (κ3) is 2.17. The standard InChI is InChI=1S/C30H32O5/c1-27-9-8-19-13-21-23(31)24(32)25(33)26(34)30(21)11-10-29(19,35-30)22(27)14-20-15-28(20,27)18-7-6-16-4-2-3-5-17(16)12-18/h2-8,12-13,20,22-26,31-34H,9-11,14-15H2,1H3/t20-,22+,23?,24?,25+,26?,27-,28-,29?,30-/m0/s1. The molecule has 35 heavy (non-hydrogen) atoms. The number of aliphatic hydroxyl groups is 4. The predicted molar refractivity (Wildman–Crippen MR) is 131 cm³/mol. The summed E-state index contributed by atoms with van der Waals surface area (Å²) < 4.78 is 6.96. The zero-order chi connectivity index (χ0) is 24.0. The molecule has 6 aliphatic rings. The van der Waals surface area contributed by atoms with Gasteiger partial charge in [-0.15, -0.1) is 0 Å². The minimum absolute atomic E-state index is 0.0247. The van der Waals surface area contributed by atoms with Crippen LogP contribution in [0.15, 0.2) is 65.8 Å². The molecule has 4 aliphatic carbocycles. The summed E-state index contributed by atoms with van der Waals surface area (Å²) >= 11 is 0. The van der Waals surface area contributed by atoms with Crippen molar-refractivity contribution in [3.8, 4) is 0 Å². The number of hydrogen-bond donors (Lipinski definition) is 4. The molecule has 2 heterocycles. The Morgan fingerprint density at radius 3 is 2.51 bits per heavy atom. The first kappa shape index (κ1) is 21.1. The first-order valence-electron chi connectivity index (χ1n) is 13.1. The van der Waals surface area contributed by atoms with Crippen LogP contribution in [0.2, 0.25) is 0 Å². The molecule has 0 radical (unpaired) electrons. The molecule has 5 nitrogen and oxygen atoms in total. The van der Waals surface area contributed by atoms with Gasteiger partial charge in [-0.1, -0.05) is 61.5 Å². The third-order valence-electron chi connectivity index (χ3n) is 11.3. The summed E-state index contributed by atoms with van der Waals surface area (Å²) in [4.78, 5) is 0. The fourth-order valence-electron chi connectivity index (χ4n) is 9.51. The van der Waals surface area contributed by atoms with E-state index in [1.54, 1.807) is 0 Å². The zero-order valence-electron chi connectivity index (χ0n) is 19.9. The second-order valence-electron chi connectivity index (χ2n) is 12.4. The van der Waals surface area contributed by atoms with E-state index in [9.17, 15) is 20.4 Å². The highest BCUT2D eigenvalue weighted by atomic mass is 16.6. The molecule has 0 amide bonds. The maximum Gasteiger partial charge on any atom is 0.122 e. The van der Waals surface area contributed by atoms with Crippen LogP contribution in [0.3, 0.4) is 0 Å². The van der Waals surface area contributed by atoms with Gasteiger partial charge in [0.1, 0.15) is 30.0 Å². The topological polar surface area (TPSA) is 90.2 Å². The van der Waals surface area contributed by atoms with Crippen LogP contribution in [0.4, 0.5) is 0 Å². The van der Waals surface area contributed by atoms with E-state index in [2.05, 4.69) is 55.5 Å². The Hall–Kier alpha value is -2.02. The van der Waals surface area contributed by atoms with Gasteiger partial charge in [0, 0.05) is 5.41 Å². The van der Waals surface area contributed by atoms with Crippen LogP contribution in [0.25, 0.3) is 10.8 Å². The highest BCUT2D eigenvalue weighted by Gasteiger charge is 2.79. The van der Waals surface area contributed by atoms with Gasteiger partial charge in [0.05, 0.1) is 5.60 Å². The highest BCUT2D eigenvalue weighted by Crippen LogP contribution is 2.80. The van der Waals surface area contributed by atoms with Gasteiger partial charge in [0.15, 0.2) is 0 Å². The molecule has 2 aliphatic heterocycles. The SMILES string of the molecule is C[C@]12CC=C3C=C4C(O)C(O)[C@@H](O)C(O)[C@]45CCC3(O5)[C@@H]1C[C@H]1C[C@]12c1ccc2ccccc2c1. The first-order valence-corrected chi connectivity index (χ1v) is 13.1. The Balaban J connectivity index is 1.26. The average Bonchev–Trinajstić information content (AvgIpc) is 3.44. The van der Waals surface area contributed by atoms with Crippen molar-refractivity contribution in [3.05, 3.63) is 71.3 Å². The maximum atomic E-state index is 11.1. The van der Waals surface area contributed by atoms with Crippen LogP contribution in [-0.2, 0) is 10.2 Å². The van der Waals surface area contributed by atoms with Crippen molar-refractivity contribution in [1.29, 1.82) is 0 Å². The lowest BCUT2D eigenvalue weighted by Crippen LogP contribution is -2.67. The van der Waals surface area contributed by atoms with Crippen molar-refractivity contribution < 1.29 is 25.2 Å². The minimum atomic E-state index is -1.43. The number of benzene rings is 2. The number of fused-ring (bicyclic) bond motifs is 4. The monoisotopic (exact) mass is 472 g/mol. The fourth-order valence-corrected chi connectivity index (χ4v) is 9.51. The van der Waals surface area contributed by atoms with Gasteiger partial charge in [-0.25, -0.2) is 0 Å². The van der Waals surface area contributed by atoms with E-state index in [0.29, 0.717) is 23.8 Å². The van der Waals surface area contributed by atoms with Crippen LogP contribution in [0.5, 0.6) is 0 Å². The molecule has 4 N–H and O–H groups in total. The summed E-state index contributed by atoms with van der Waals surface area (Å²) in [6.45, 7) is 2.44. The van der Waals surface area contributed by atoms with Crippen LogP contribution in [0, 0.1) is 17.3 Å². The molecule has 4 fully saturated rings. The number of ether oxygens (including phenoxy) is 1. The molecule has 0 aromatic heterocycles. The largest absolute Gasteiger partial charge is 0.387 e. The van der Waals surface area contributed by atoms with Gasteiger partial charge < -0.3 is 25.2 Å². The van der Waals surface area contributed by atoms with Crippen LogP contribution in [-0.4, -0.2) is 56.0 Å². The van der Waals surface area contributed by atoms with E-state index >= 15 is 0 Å². The van der Waals surface area contributed by atoms with Crippen LogP contribution >= 0.6 is 0 Å². The van der Waals surface area contributed by atoms with E-state index in [1.165, 1.54) is 22.8 Å². The normalized spacial score (nSPS) is 51.1. The molecule has 3 saturated carbocycles. The molecule has 10 atom stereocenters. The van der Waals surface area contributed by atoms with Crippen molar-refractivity contribution in [2.75, 3.05) is 0 Å².